The topological polar surface area (TPSA) is 60.0 Å². The standard InChI is InChI=1S/C16H17N3O2/c20-16(21)7-6-13-12-18(10-11-19-9-3-8-17-19)15-5-2-1-4-14(13)15/h1-5,8-9,12H,6-7,10-11H2,(H,20,21). The van der Waals surface area contributed by atoms with Gasteiger partial charge in [-0.2, -0.15) is 5.10 Å². The summed E-state index contributed by atoms with van der Waals surface area (Å²) in [7, 11) is 0. The van der Waals surface area contributed by atoms with Gasteiger partial charge in [-0.25, -0.2) is 0 Å². The van der Waals surface area contributed by atoms with Gasteiger partial charge < -0.3 is 9.67 Å². The molecule has 5 heteroatoms. The zero-order valence-electron chi connectivity index (χ0n) is 11.6. The third-order valence-corrected chi connectivity index (χ3v) is 3.61. The number of aromatic nitrogens is 3. The van der Waals surface area contributed by atoms with Gasteiger partial charge in [0, 0.05) is 42.5 Å². The molecule has 3 rings (SSSR count). The van der Waals surface area contributed by atoms with Crippen molar-refractivity contribution in [2.24, 2.45) is 0 Å². The van der Waals surface area contributed by atoms with Gasteiger partial charge in [-0.3, -0.25) is 9.48 Å². The Hall–Kier alpha value is -2.56. The Morgan fingerprint density at radius 2 is 2.05 bits per heavy atom. The van der Waals surface area contributed by atoms with Crippen molar-refractivity contribution in [1.82, 2.24) is 14.3 Å². The molecule has 21 heavy (non-hydrogen) atoms. The van der Waals surface area contributed by atoms with Gasteiger partial charge >= 0.3 is 5.97 Å². The molecule has 0 fully saturated rings. The number of rotatable bonds is 6. The van der Waals surface area contributed by atoms with Crippen LogP contribution < -0.4 is 0 Å². The van der Waals surface area contributed by atoms with Gasteiger partial charge in [-0.05, 0) is 24.1 Å². The Morgan fingerprint density at radius 3 is 2.81 bits per heavy atom. The molecule has 3 aromatic rings. The van der Waals surface area contributed by atoms with Crippen LogP contribution in [0.1, 0.15) is 12.0 Å². The Balaban J connectivity index is 1.85. The lowest BCUT2D eigenvalue weighted by Gasteiger charge is -2.05. The molecule has 1 aromatic carbocycles. The number of hydrogen-bond acceptors (Lipinski definition) is 2. The molecular formula is C16H17N3O2. The van der Waals surface area contributed by atoms with E-state index in [9.17, 15) is 4.79 Å². The molecule has 2 aromatic heterocycles. The second kappa shape index (κ2) is 5.83. The van der Waals surface area contributed by atoms with Crippen molar-refractivity contribution in [3.63, 3.8) is 0 Å². The number of para-hydroxylation sites is 1. The van der Waals surface area contributed by atoms with Crippen LogP contribution in [0.2, 0.25) is 0 Å². The molecule has 0 radical (unpaired) electrons. The van der Waals surface area contributed by atoms with Crippen LogP contribution >= 0.6 is 0 Å². The summed E-state index contributed by atoms with van der Waals surface area (Å²) in [5.41, 5.74) is 2.23. The normalized spacial score (nSPS) is 11.0. The van der Waals surface area contributed by atoms with Crippen molar-refractivity contribution in [2.45, 2.75) is 25.9 Å². The first-order chi connectivity index (χ1) is 10.2. The molecule has 108 valence electrons. The predicted molar refractivity (Wildman–Crippen MR) is 80.1 cm³/mol. The van der Waals surface area contributed by atoms with E-state index >= 15 is 0 Å². The van der Waals surface area contributed by atoms with Crippen LogP contribution in [0.5, 0.6) is 0 Å². The summed E-state index contributed by atoms with van der Waals surface area (Å²) in [5, 5.41) is 14.2. The largest absolute Gasteiger partial charge is 0.481 e. The third kappa shape index (κ3) is 2.97. The lowest BCUT2D eigenvalue weighted by Crippen LogP contribution is -2.06. The molecule has 0 bridgehead atoms. The minimum absolute atomic E-state index is 0.160. The second-order valence-corrected chi connectivity index (χ2v) is 5.03. The molecule has 0 aliphatic rings. The molecule has 1 N–H and O–H groups in total. The number of carboxylic acids is 1. The van der Waals surface area contributed by atoms with E-state index in [2.05, 4.69) is 28.0 Å². The van der Waals surface area contributed by atoms with E-state index in [0.717, 1.165) is 29.6 Å². The summed E-state index contributed by atoms with van der Waals surface area (Å²) < 4.78 is 4.07. The number of fused-ring (bicyclic) bond motifs is 1. The summed E-state index contributed by atoms with van der Waals surface area (Å²) in [6, 6.07) is 10.0. The maximum atomic E-state index is 10.8. The highest BCUT2D eigenvalue weighted by Crippen LogP contribution is 2.22. The minimum atomic E-state index is -0.761. The monoisotopic (exact) mass is 283 g/mol. The van der Waals surface area contributed by atoms with E-state index in [1.54, 1.807) is 6.20 Å². The van der Waals surface area contributed by atoms with E-state index in [1.165, 1.54) is 0 Å². The van der Waals surface area contributed by atoms with Crippen LogP contribution in [-0.2, 0) is 24.3 Å². The van der Waals surface area contributed by atoms with Gasteiger partial charge in [0.1, 0.15) is 0 Å². The SMILES string of the molecule is O=C(O)CCc1cn(CCn2cccn2)c2ccccc12. The zero-order valence-corrected chi connectivity index (χ0v) is 11.6. The highest BCUT2D eigenvalue weighted by atomic mass is 16.4. The van der Waals surface area contributed by atoms with Crippen molar-refractivity contribution >= 4 is 16.9 Å². The maximum absolute atomic E-state index is 10.8. The number of carboxylic acid groups (broad SMARTS) is 1. The quantitative estimate of drug-likeness (QED) is 0.756. The van der Waals surface area contributed by atoms with Crippen LogP contribution in [0.3, 0.4) is 0 Å². The fourth-order valence-electron chi connectivity index (χ4n) is 2.59. The minimum Gasteiger partial charge on any atom is -0.481 e. The van der Waals surface area contributed by atoms with E-state index in [4.69, 9.17) is 5.11 Å². The van der Waals surface area contributed by atoms with Crippen LogP contribution in [0.15, 0.2) is 48.9 Å². The number of nitrogens with zero attached hydrogens (tertiary/aromatic N) is 3. The van der Waals surface area contributed by atoms with E-state index in [1.807, 2.05) is 29.1 Å². The number of carbonyl (C=O) groups is 1. The molecule has 0 atom stereocenters. The van der Waals surface area contributed by atoms with Crippen molar-refractivity contribution in [2.75, 3.05) is 0 Å². The smallest absolute Gasteiger partial charge is 0.303 e. The molecule has 2 heterocycles. The number of aryl methyl sites for hydroxylation is 3. The Kier molecular flexibility index (Phi) is 3.73. The number of benzene rings is 1. The first-order valence-corrected chi connectivity index (χ1v) is 7.00. The fourth-order valence-corrected chi connectivity index (χ4v) is 2.59. The molecule has 0 saturated carbocycles. The molecule has 0 saturated heterocycles. The Morgan fingerprint density at radius 1 is 1.19 bits per heavy atom. The average Bonchev–Trinajstić information content (AvgIpc) is 3.11. The lowest BCUT2D eigenvalue weighted by molar-refractivity contribution is -0.136. The summed E-state index contributed by atoms with van der Waals surface area (Å²) in [5.74, 6) is -0.761. The molecule has 0 amide bonds. The second-order valence-electron chi connectivity index (χ2n) is 5.03. The van der Waals surface area contributed by atoms with Gasteiger partial charge in [0.15, 0.2) is 0 Å². The third-order valence-electron chi connectivity index (χ3n) is 3.61. The summed E-state index contributed by atoms with van der Waals surface area (Å²) in [6.45, 7) is 1.61. The summed E-state index contributed by atoms with van der Waals surface area (Å²) >= 11 is 0. The fraction of sp³-hybridized carbons (Fsp3) is 0.250. The van der Waals surface area contributed by atoms with Crippen molar-refractivity contribution in [3.8, 4) is 0 Å². The van der Waals surface area contributed by atoms with Gasteiger partial charge in [-0.1, -0.05) is 18.2 Å². The Labute approximate surface area is 122 Å². The van der Waals surface area contributed by atoms with Crippen molar-refractivity contribution in [3.05, 3.63) is 54.5 Å². The van der Waals surface area contributed by atoms with E-state index < -0.39 is 5.97 Å². The van der Waals surface area contributed by atoms with E-state index in [-0.39, 0.29) is 6.42 Å². The predicted octanol–water partition coefficient (Wildman–Crippen LogP) is 2.56. The van der Waals surface area contributed by atoms with E-state index in [0.29, 0.717) is 6.42 Å². The summed E-state index contributed by atoms with van der Waals surface area (Å²) in [4.78, 5) is 10.8. The molecule has 0 spiro atoms. The average molecular weight is 283 g/mol. The lowest BCUT2D eigenvalue weighted by atomic mass is 10.1. The first kappa shape index (κ1) is 13.4. The molecule has 0 unspecified atom stereocenters. The highest BCUT2D eigenvalue weighted by molar-refractivity contribution is 5.84. The van der Waals surface area contributed by atoms with Gasteiger partial charge in [-0.15, -0.1) is 0 Å². The number of aliphatic carboxylic acids is 1. The van der Waals surface area contributed by atoms with Crippen molar-refractivity contribution < 1.29 is 9.90 Å². The highest BCUT2D eigenvalue weighted by Gasteiger charge is 2.09. The van der Waals surface area contributed by atoms with Crippen LogP contribution in [0, 0.1) is 0 Å². The van der Waals surface area contributed by atoms with Crippen LogP contribution in [0.4, 0.5) is 0 Å². The first-order valence-electron chi connectivity index (χ1n) is 7.00. The molecule has 0 aliphatic heterocycles. The summed E-state index contributed by atoms with van der Waals surface area (Å²) in [6.07, 6.45) is 6.50. The van der Waals surface area contributed by atoms with Crippen LogP contribution in [-0.4, -0.2) is 25.4 Å². The Bertz CT molecular complexity index is 744. The van der Waals surface area contributed by atoms with Gasteiger partial charge in [0.05, 0.1) is 6.54 Å². The molecular weight excluding hydrogens is 266 g/mol. The maximum Gasteiger partial charge on any atom is 0.303 e. The van der Waals surface area contributed by atoms with Crippen LogP contribution in [0.25, 0.3) is 10.9 Å². The number of hydrogen-bond donors (Lipinski definition) is 1. The molecule has 5 nitrogen and oxygen atoms in total. The zero-order chi connectivity index (χ0) is 14.7. The molecule has 0 aliphatic carbocycles. The van der Waals surface area contributed by atoms with Gasteiger partial charge in [0.2, 0.25) is 0 Å². The van der Waals surface area contributed by atoms with Gasteiger partial charge in [0.25, 0.3) is 0 Å². The van der Waals surface area contributed by atoms with Crippen molar-refractivity contribution in [1.29, 1.82) is 0 Å².